The predicted molar refractivity (Wildman–Crippen MR) is 114 cm³/mol. The van der Waals surface area contributed by atoms with Crippen LogP contribution < -0.4 is 5.32 Å². The average Bonchev–Trinajstić information content (AvgIpc) is 2.69. The molecule has 1 N–H and O–H groups in total. The summed E-state index contributed by atoms with van der Waals surface area (Å²) in [7, 11) is 0. The molecule has 2 atom stereocenters. The number of nitrogens with zero attached hydrogens (tertiary/aromatic N) is 1. The van der Waals surface area contributed by atoms with Crippen molar-refractivity contribution in [1.82, 2.24) is 10.2 Å². The first kappa shape index (κ1) is 19.9. The number of nitrogens with one attached hydrogen (secondary N) is 1. The minimum Gasteiger partial charge on any atom is -0.351 e. The van der Waals surface area contributed by atoms with E-state index in [0.29, 0.717) is 24.8 Å². The summed E-state index contributed by atoms with van der Waals surface area (Å²) < 4.78 is 0. The molecule has 4 heteroatoms. The molecule has 1 aliphatic heterocycles. The van der Waals surface area contributed by atoms with Crippen molar-refractivity contribution in [3.8, 4) is 0 Å². The van der Waals surface area contributed by atoms with E-state index >= 15 is 0 Å². The van der Waals surface area contributed by atoms with Crippen LogP contribution in [0.15, 0.2) is 0 Å². The lowest BCUT2D eigenvalue weighted by Crippen LogP contribution is -2.59. The molecule has 4 bridgehead atoms. The number of carbonyl (C=O) groups excluding carboxylic acids is 2. The molecule has 0 aromatic heterocycles. The second kappa shape index (κ2) is 8.23. The van der Waals surface area contributed by atoms with Gasteiger partial charge >= 0.3 is 0 Å². The van der Waals surface area contributed by atoms with Crippen LogP contribution in [0.25, 0.3) is 0 Å². The Balaban J connectivity index is 1.04. The summed E-state index contributed by atoms with van der Waals surface area (Å²) in [6.45, 7) is 0.965. The van der Waals surface area contributed by atoms with Gasteiger partial charge in [0.25, 0.3) is 0 Å². The fourth-order valence-corrected chi connectivity index (χ4v) is 8.26. The van der Waals surface area contributed by atoms with Crippen LogP contribution in [0.3, 0.4) is 0 Å². The number of carbonyl (C=O) groups is 2. The molecule has 4 nitrogen and oxygen atoms in total. The predicted octanol–water partition coefficient (Wildman–Crippen LogP) is 4.81. The van der Waals surface area contributed by atoms with Crippen LogP contribution in [-0.4, -0.2) is 34.8 Å². The van der Waals surface area contributed by atoms with Crippen molar-refractivity contribution >= 4 is 11.8 Å². The molecule has 0 aromatic carbocycles. The fraction of sp³-hybridized carbons (Fsp3) is 0.920. The van der Waals surface area contributed by atoms with Crippen molar-refractivity contribution in [2.45, 2.75) is 114 Å². The number of hydrogen-bond acceptors (Lipinski definition) is 2. The van der Waals surface area contributed by atoms with E-state index < -0.39 is 0 Å². The standard InChI is InChI=1S/C25H40N2O2/c28-23(26-25-15-18-12-19(16-25)14-20(13-18)17-25)9-3-4-10-24(29)27-11-5-7-21-6-1-2-8-22(21)27/h18-22H,1-17H2,(H,26,28). The van der Waals surface area contributed by atoms with E-state index in [9.17, 15) is 9.59 Å². The Kier molecular flexibility index (Phi) is 5.64. The van der Waals surface area contributed by atoms with Crippen molar-refractivity contribution < 1.29 is 9.59 Å². The summed E-state index contributed by atoms with van der Waals surface area (Å²) in [6.07, 6.45) is 18.5. The quantitative estimate of drug-likeness (QED) is 0.650. The van der Waals surface area contributed by atoms with Gasteiger partial charge in [-0.3, -0.25) is 9.59 Å². The van der Waals surface area contributed by atoms with Crippen molar-refractivity contribution in [1.29, 1.82) is 0 Å². The molecule has 2 unspecified atom stereocenters. The summed E-state index contributed by atoms with van der Waals surface area (Å²) in [5.74, 6) is 3.95. The molecule has 29 heavy (non-hydrogen) atoms. The molecule has 0 spiro atoms. The number of likely N-dealkylation sites (tertiary alicyclic amines) is 1. The molecule has 1 saturated heterocycles. The van der Waals surface area contributed by atoms with E-state index in [4.69, 9.17) is 0 Å². The molecular weight excluding hydrogens is 360 g/mol. The zero-order valence-corrected chi connectivity index (χ0v) is 18.2. The molecule has 2 amide bonds. The third-order valence-corrected chi connectivity index (χ3v) is 9.05. The van der Waals surface area contributed by atoms with Gasteiger partial charge in [0.2, 0.25) is 11.8 Å². The fourth-order valence-electron chi connectivity index (χ4n) is 8.26. The highest BCUT2D eigenvalue weighted by molar-refractivity contribution is 5.78. The molecule has 162 valence electrons. The normalized spacial score (nSPS) is 40.6. The van der Waals surface area contributed by atoms with Gasteiger partial charge in [-0.05, 0) is 101 Å². The van der Waals surface area contributed by atoms with Crippen LogP contribution in [0, 0.1) is 23.7 Å². The topological polar surface area (TPSA) is 49.4 Å². The van der Waals surface area contributed by atoms with E-state index in [2.05, 4.69) is 10.2 Å². The summed E-state index contributed by atoms with van der Waals surface area (Å²) in [6, 6.07) is 0.518. The lowest BCUT2D eigenvalue weighted by molar-refractivity contribution is -0.138. The SMILES string of the molecule is O=C(CCCCC(=O)N1CCCC2CCCCC21)NC12CC3CC(CC(C3)C1)C2. The molecule has 6 fully saturated rings. The summed E-state index contributed by atoms with van der Waals surface area (Å²) in [5.41, 5.74) is 0.130. The largest absolute Gasteiger partial charge is 0.351 e. The van der Waals surface area contributed by atoms with Gasteiger partial charge in [0.05, 0.1) is 0 Å². The minimum atomic E-state index is 0.130. The molecule has 0 radical (unpaired) electrons. The van der Waals surface area contributed by atoms with Gasteiger partial charge in [0.1, 0.15) is 0 Å². The summed E-state index contributed by atoms with van der Waals surface area (Å²) in [5, 5.41) is 3.48. The van der Waals surface area contributed by atoms with E-state index in [0.717, 1.165) is 43.1 Å². The Labute approximate surface area is 176 Å². The van der Waals surface area contributed by atoms with Crippen molar-refractivity contribution in [3.63, 3.8) is 0 Å². The smallest absolute Gasteiger partial charge is 0.222 e. The van der Waals surface area contributed by atoms with Crippen LogP contribution in [0.5, 0.6) is 0 Å². The monoisotopic (exact) mass is 400 g/mol. The van der Waals surface area contributed by atoms with Gasteiger partial charge < -0.3 is 10.2 Å². The molecule has 0 aromatic rings. The lowest BCUT2D eigenvalue weighted by Gasteiger charge is -2.56. The number of unbranched alkanes of at least 4 members (excludes halogenated alkanes) is 1. The van der Waals surface area contributed by atoms with Gasteiger partial charge in [-0.25, -0.2) is 0 Å². The Hall–Kier alpha value is -1.06. The maximum atomic E-state index is 12.8. The first-order valence-electron chi connectivity index (χ1n) is 12.7. The highest BCUT2D eigenvalue weighted by Gasteiger charge is 2.51. The van der Waals surface area contributed by atoms with Gasteiger partial charge in [-0.2, -0.15) is 0 Å². The van der Waals surface area contributed by atoms with Gasteiger partial charge in [-0.15, -0.1) is 0 Å². The zero-order chi connectivity index (χ0) is 19.8. The van der Waals surface area contributed by atoms with Crippen molar-refractivity contribution in [2.24, 2.45) is 23.7 Å². The van der Waals surface area contributed by atoms with E-state index in [1.165, 1.54) is 77.0 Å². The second-order valence-corrected chi connectivity index (χ2v) is 11.3. The Bertz CT molecular complexity index is 593. The number of hydrogen-bond donors (Lipinski definition) is 1. The number of fused-ring (bicyclic) bond motifs is 1. The maximum Gasteiger partial charge on any atom is 0.222 e. The first-order valence-corrected chi connectivity index (χ1v) is 12.7. The second-order valence-electron chi connectivity index (χ2n) is 11.3. The van der Waals surface area contributed by atoms with Crippen LogP contribution in [0.1, 0.15) is 103 Å². The number of rotatable bonds is 6. The van der Waals surface area contributed by atoms with Gasteiger partial charge in [0.15, 0.2) is 0 Å². The van der Waals surface area contributed by atoms with Gasteiger partial charge in [-0.1, -0.05) is 12.8 Å². The minimum absolute atomic E-state index is 0.130. The summed E-state index contributed by atoms with van der Waals surface area (Å²) >= 11 is 0. The van der Waals surface area contributed by atoms with Crippen LogP contribution in [0.4, 0.5) is 0 Å². The molecule has 6 rings (SSSR count). The number of amides is 2. The van der Waals surface area contributed by atoms with Gasteiger partial charge in [0, 0.05) is 31.0 Å². The zero-order valence-electron chi connectivity index (χ0n) is 18.2. The molecule has 6 aliphatic rings. The van der Waals surface area contributed by atoms with Crippen LogP contribution in [0.2, 0.25) is 0 Å². The maximum absolute atomic E-state index is 12.8. The van der Waals surface area contributed by atoms with E-state index in [1.54, 1.807) is 0 Å². The number of piperidine rings is 1. The Morgan fingerprint density at radius 2 is 1.45 bits per heavy atom. The highest BCUT2D eigenvalue weighted by atomic mass is 16.2. The van der Waals surface area contributed by atoms with Crippen molar-refractivity contribution in [2.75, 3.05) is 6.54 Å². The Morgan fingerprint density at radius 3 is 2.17 bits per heavy atom. The van der Waals surface area contributed by atoms with E-state index in [-0.39, 0.29) is 11.4 Å². The first-order chi connectivity index (χ1) is 14.1. The third kappa shape index (κ3) is 4.23. The van der Waals surface area contributed by atoms with Crippen molar-refractivity contribution in [3.05, 3.63) is 0 Å². The molecule has 5 saturated carbocycles. The summed E-state index contributed by atoms with van der Waals surface area (Å²) in [4.78, 5) is 27.7. The third-order valence-electron chi connectivity index (χ3n) is 9.05. The lowest BCUT2D eigenvalue weighted by atomic mass is 9.53. The van der Waals surface area contributed by atoms with Crippen LogP contribution in [-0.2, 0) is 9.59 Å². The molecular formula is C25H40N2O2. The van der Waals surface area contributed by atoms with Crippen LogP contribution >= 0.6 is 0 Å². The highest BCUT2D eigenvalue weighted by Crippen LogP contribution is 2.55. The Morgan fingerprint density at radius 1 is 0.828 bits per heavy atom. The van der Waals surface area contributed by atoms with E-state index in [1.807, 2.05) is 0 Å². The molecule has 1 heterocycles. The molecule has 5 aliphatic carbocycles. The average molecular weight is 401 g/mol.